The van der Waals surface area contributed by atoms with E-state index in [9.17, 15) is 4.79 Å². The average molecular weight is 420 g/mol. The average Bonchev–Trinajstić information content (AvgIpc) is 3.46. The fourth-order valence-electron chi connectivity index (χ4n) is 4.15. The Morgan fingerprint density at radius 1 is 1.07 bits per heavy atom. The summed E-state index contributed by atoms with van der Waals surface area (Å²) in [5.74, 6) is 1.63. The lowest BCUT2D eigenvalue weighted by Gasteiger charge is -2.37. The van der Waals surface area contributed by atoms with Gasteiger partial charge in [-0.3, -0.25) is 4.79 Å². The van der Waals surface area contributed by atoms with Crippen LogP contribution in [-0.2, 0) is 6.42 Å². The maximum Gasteiger partial charge on any atom is 0.290 e. The Labute approximate surface area is 178 Å². The third-order valence-corrected chi connectivity index (χ3v) is 6.51. The molecule has 5 nitrogen and oxygen atoms in total. The number of furan rings is 1. The van der Waals surface area contributed by atoms with E-state index >= 15 is 0 Å². The molecule has 2 aromatic heterocycles. The molecule has 30 heavy (non-hydrogen) atoms. The molecule has 2 aromatic carbocycles. The van der Waals surface area contributed by atoms with Gasteiger partial charge in [0.1, 0.15) is 5.58 Å². The molecule has 5 rings (SSSR count). The predicted octanol–water partition coefficient (Wildman–Crippen LogP) is 5.30. The summed E-state index contributed by atoms with van der Waals surface area (Å²) in [5.41, 5.74) is 2.95. The maximum atomic E-state index is 13.5. The van der Waals surface area contributed by atoms with E-state index in [0.717, 1.165) is 27.8 Å². The number of thiophene rings is 1. The van der Waals surface area contributed by atoms with Crippen molar-refractivity contribution in [3.05, 3.63) is 81.7 Å². The number of para-hydroxylation sites is 1. The van der Waals surface area contributed by atoms with E-state index in [0.29, 0.717) is 23.8 Å². The van der Waals surface area contributed by atoms with E-state index < -0.39 is 0 Å². The van der Waals surface area contributed by atoms with Crippen LogP contribution in [0.5, 0.6) is 11.5 Å². The summed E-state index contributed by atoms with van der Waals surface area (Å²) in [6, 6.07) is 17.4. The fourth-order valence-corrected chi connectivity index (χ4v) is 5.00. The van der Waals surface area contributed by atoms with Crippen LogP contribution >= 0.6 is 11.3 Å². The van der Waals surface area contributed by atoms with Crippen molar-refractivity contribution in [2.45, 2.75) is 12.5 Å². The zero-order valence-electron chi connectivity index (χ0n) is 16.8. The van der Waals surface area contributed by atoms with Gasteiger partial charge in [0.2, 0.25) is 0 Å². The number of carbonyl (C=O) groups excluding carboxylic acids is 1. The van der Waals surface area contributed by atoms with Crippen LogP contribution in [0.15, 0.2) is 64.4 Å². The molecule has 0 N–H and O–H groups in total. The molecule has 0 unspecified atom stereocenters. The molecule has 1 aliphatic rings. The van der Waals surface area contributed by atoms with Gasteiger partial charge in [-0.15, -0.1) is 11.3 Å². The van der Waals surface area contributed by atoms with Gasteiger partial charge in [-0.1, -0.05) is 24.3 Å². The molecule has 1 atom stereocenters. The van der Waals surface area contributed by atoms with Gasteiger partial charge in [0.25, 0.3) is 5.91 Å². The van der Waals surface area contributed by atoms with Crippen LogP contribution in [0.1, 0.15) is 32.6 Å². The first-order valence-corrected chi connectivity index (χ1v) is 10.7. The van der Waals surface area contributed by atoms with Crippen molar-refractivity contribution in [3.63, 3.8) is 0 Å². The van der Waals surface area contributed by atoms with Crippen molar-refractivity contribution in [1.29, 1.82) is 0 Å². The van der Waals surface area contributed by atoms with E-state index in [1.165, 1.54) is 5.56 Å². The summed E-state index contributed by atoms with van der Waals surface area (Å²) in [4.78, 5) is 16.5. The second-order valence-corrected chi connectivity index (χ2v) is 8.20. The molecule has 1 aliphatic heterocycles. The number of amides is 1. The summed E-state index contributed by atoms with van der Waals surface area (Å²) in [5, 5.41) is 2.96. The monoisotopic (exact) mass is 419 g/mol. The Balaban J connectivity index is 1.61. The number of rotatable bonds is 4. The molecule has 152 valence electrons. The van der Waals surface area contributed by atoms with Crippen LogP contribution < -0.4 is 9.47 Å². The summed E-state index contributed by atoms with van der Waals surface area (Å²) < 4.78 is 16.9. The van der Waals surface area contributed by atoms with Gasteiger partial charge in [-0.2, -0.15) is 0 Å². The van der Waals surface area contributed by atoms with Gasteiger partial charge in [0.05, 0.1) is 20.3 Å². The highest BCUT2D eigenvalue weighted by atomic mass is 32.1. The number of nitrogens with zero attached hydrogens (tertiary/aromatic N) is 1. The number of benzene rings is 2. The molecule has 1 amide bonds. The van der Waals surface area contributed by atoms with Gasteiger partial charge in [-0.05, 0) is 53.3 Å². The third kappa shape index (κ3) is 3.04. The topological polar surface area (TPSA) is 51.9 Å². The molecule has 0 spiro atoms. The second-order valence-electron chi connectivity index (χ2n) is 7.22. The van der Waals surface area contributed by atoms with Gasteiger partial charge in [0, 0.05) is 16.8 Å². The lowest BCUT2D eigenvalue weighted by Crippen LogP contribution is -2.40. The lowest BCUT2D eigenvalue weighted by atomic mass is 9.90. The molecule has 0 radical (unpaired) electrons. The first-order valence-electron chi connectivity index (χ1n) is 9.77. The van der Waals surface area contributed by atoms with Crippen LogP contribution in [0.2, 0.25) is 0 Å². The highest BCUT2D eigenvalue weighted by molar-refractivity contribution is 7.10. The Hall–Kier alpha value is -3.25. The predicted molar refractivity (Wildman–Crippen MR) is 117 cm³/mol. The Morgan fingerprint density at radius 2 is 1.87 bits per heavy atom. The van der Waals surface area contributed by atoms with Crippen LogP contribution in [0.3, 0.4) is 0 Å². The Kier molecular flexibility index (Phi) is 4.71. The van der Waals surface area contributed by atoms with E-state index in [4.69, 9.17) is 13.9 Å². The van der Waals surface area contributed by atoms with Gasteiger partial charge in [-0.25, -0.2) is 0 Å². The number of carbonyl (C=O) groups is 1. The first-order chi connectivity index (χ1) is 14.7. The molecule has 0 aliphatic carbocycles. The molecule has 0 fully saturated rings. The summed E-state index contributed by atoms with van der Waals surface area (Å²) in [6.45, 7) is 0.598. The standard InChI is InChI=1S/C24H21NO4S/c1-27-19-12-15-9-10-25(24(26)21-13-16-6-3-4-7-18(16)29-21)23(22-8-5-11-30-22)17(15)14-20(19)28-2/h3-8,11-14,23H,9-10H2,1-2H3/t23-/m1/s1. The van der Waals surface area contributed by atoms with Crippen molar-refractivity contribution in [1.82, 2.24) is 4.90 Å². The smallest absolute Gasteiger partial charge is 0.290 e. The van der Waals surface area contributed by atoms with Crippen LogP contribution in [0, 0.1) is 0 Å². The van der Waals surface area contributed by atoms with Crippen molar-refractivity contribution in [2.24, 2.45) is 0 Å². The van der Waals surface area contributed by atoms with Gasteiger partial charge in [0.15, 0.2) is 17.3 Å². The van der Waals surface area contributed by atoms with Gasteiger partial charge < -0.3 is 18.8 Å². The molecule has 0 saturated heterocycles. The lowest BCUT2D eigenvalue weighted by molar-refractivity contribution is 0.0666. The zero-order valence-corrected chi connectivity index (χ0v) is 17.6. The minimum absolute atomic E-state index is 0.106. The van der Waals surface area contributed by atoms with Crippen LogP contribution in [-0.4, -0.2) is 31.6 Å². The van der Waals surface area contributed by atoms with E-state index in [1.54, 1.807) is 25.6 Å². The zero-order chi connectivity index (χ0) is 20.7. The summed E-state index contributed by atoms with van der Waals surface area (Å²) in [6.07, 6.45) is 0.740. The largest absolute Gasteiger partial charge is 0.493 e. The quantitative estimate of drug-likeness (QED) is 0.450. The fraction of sp³-hybridized carbons (Fsp3) is 0.208. The highest BCUT2D eigenvalue weighted by Crippen LogP contribution is 2.42. The van der Waals surface area contributed by atoms with E-state index in [2.05, 4.69) is 6.07 Å². The molecule has 4 aromatic rings. The first kappa shape index (κ1) is 18.8. The highest BCUT2D eigenvalue weighted by Gasteiger charge is 2.35. The van der Waals surface area contributed by atoms with Crippen molar-refractivity contribution >= 4 is 28.2 Å². The molecule has 3 heterocycles. The number of fused-ring (bicyclic) bond motifs is 2. The normalized spacial score (nSPS) is 15.8. The summed E-state index contributed by atoms with van der Waals surface area (Å²) >= 11 is 1.64. The maximum absolute atomic E-state index is 13.5. The van der Waals surface area contributed by atoms with Crippen LogP contribution in [0.4, 0.5) is 0 Å². The van der Waals surface area contributed by atoms with Crippen LogP contribution in [0.25, 0.3) is 11.0 Å². The van der Waals surface area contributed by atoms with E-state index in [1.807, 2.05) is 58.8 Å². The molecular formula is C24H21NO4S. The Morgan fingerprint density at radius 3 is 2.60 bits per heavy atom. The van der Waals surface area contributed by atoms with Gasteiger partial charge >= 0.3 is 0 Å². The molecule has 6 heteroatoms. The number of ether oxygens (including phenoxy) is 2. The number of hydrogen-bond acceptors (Lipinski definition) is 5. The number of hydrogen-bond donors (Lipinski definition) is 0. The SMILES string of the molecule is COc1cc2c(cc1OC)[C@H](c1cccs1)N(C(=O)c1cc3ccccc3o1)CC2. The van der Waals surface area contributed by atoms with E-state index in [-0.39, 0.29) is 11.9 Å². The minimum Gasteiger partial charge on any atom is -0.493 e. The summed E-state index contributed by atoms with van der Waals surface area (Å²) in [7, 11) is 3.27. The third-order valence-electron chi connectivity index (χ3n) is 5.58. The minimum atomic E-state index is -0.200. The number of methoxy groups -OCH3 is 2. The second kappa shape index (κ2) is 7.54. The van der Waals surface area contributed by atoms with Crippen molar-refractivity contribution < 1.29 is 18.7 Å². The van der Waals surface area contributed by atoms with Crippen molar-refractivity contribution in [3.8, 4) is 11.5 Å². The molecule has 0 saturated carbocycles. The molecule has 0 bridgehead atoms. The van der Waals surface area contributed by atoms with Crippen molar-refractivity contribution in [2.75, 3.05) is 20.8 Å². The Bertz CT molecular complexity index is 1180. The molecular weight excluding hydrogens is 398 g/mol.